The van der Waals surface area contributed by atoms with Gasteiger partial charge in [-0.1, -0.05) is 18.2 Å². The van der Waals surface area contributed by atoms with Gasteiger partial charge in [0.15, 0.2) is 12.5 Å². The molecule has 4 heterocycles. The van der Waals surface area contributed by atoms with Gasteiger partial charge in [-0.05, 0) is 32.4 Å². The highest BCUT2D eigenvalue weighted by atomic mass is 16.3. The Morgan fingerprint density at radius 1 is 1.03 bits per heavy atom. The number of aldehydes is 1. The number of piperazine rings is 1. The minimum absolute atomic E-state index is 0.303. The molecule has 9 heteroatoms. The number of carbonyl (C=O) groups excluding carboxylic acids is 1. The van der Waals surface area contributed by atoms with Gasteiger partial charge in [-0.25, -0.2) is 14.6 Å². The number of hydrogen-bond donors (Lipinski definition) is 1. The molecule has 5 rings (SSSR count). The number of benzene rings is 1. The topological polar surface area (TPSA) is 90.6 Å². The van der Waals surface area contributed by atoms with Crippen molar-refractivity contribution in [2.24, 2.45) is 0 Å². The van der Waals surface area contributed by atoms with E-state index in [9.17, 15) is 9.90 Å². The van der Waals surface area contributed by atoms with Crippen molar-refractivity contribution in [2.75, 3.05) is 49.1 Å². The van der Waals surface area contributed by atoms with Crippen molar-refractivity contribution in [1.29, 1.82) is 0 Å². The molecule has 0 spiro atoms. The molecule has 0 radical (unpaired) electrons. The van der Waals surface area contributed by atoms with E-state index < -0.39 is 0 Å². The first-order chi connectivity index (χ1) is 16.5. The quantitative estimate of drug-likeness (QED) is 0.558. The number of anilines is 2. The van der Waals surface area contributed by atoms with E-state index in [-0.39, 0.29) is 12.3 Å². The van der Waals surface area contributed by atoms with Crippen LogP contribution in [0.4, 0.5) is 11.6 Å². The van der Waals surface area contributed by atoms with Gasteiger partial charge in [0, 0.05) is 74.2 Å². The Morgan fingerprint density at radius 3 is 2.38 bits per heavy atom. The number of aromatic nitrogens is 4. The van der Waals surface area contributed by atoms with E-state index in [0.29, 0.717) is 12.5 Å². The molecule has 2 fully saturated rings. The number of aliphatic hydroxyl groups is 1. The van der Waals surface area contributed by atoms with Gasteiger partial charge in [0.25, 0.3) is 0 Å². The zero-order valence-electron chi connectivity index (χ0n) is 19.7. The third-order valence-electron chi connectivity index (χ3n) is 6.75. The molecule has 2 atom stereocenters. The summed E-state index contributed by atoms with van der Waals surface area (Å²) in [6.07, 6.45) is 4.80. The fraction of sp³-hybridized carbons (Fsp3) is 0.440. The summed E-state index contributed by atoms with van der Waals surface area (Å²) in [5, 5.41) is 14.3. The Morgan fingerprint density at radius 2 is 1.76 bits per heavy atom. The van der Waals surface area contributed by atoms with E-state index in [4.69, 9.17) is 0 Å². The number of β-amino-alcohol motifs (C(OH)–C–C–N with tert-alkyl or cyclic N) is 1. The number of rotatable bonds is 6. The summed E-state index contributed by atoms with van der Waals surface area (Å²) in [7, 11) is 0. The van der Waals surface area contributed by atoms with Crippen molar-refractivity contribution in [3.8, 4) is 11.1 Å². The minimum Gasteiger partial charge on any atom is -0.391 e. The van der Waals surface area contributed by atoms with Crippen molar-refractivity contribution < 1.29 is 9.90 Å². The molecule has 0 bridgehead atoms. The monoisotopic (exact) mass is 461 g/mol. The third-order valence-corrected chi connectivity index (χ3v) is 6.75. The highest BCUT2D eigenvalue weighted by molar-refractivity contribution is 5.78. The van der Waals surface area contributed by atoms with Gasteiger partial charge in [0.2, 0.25) is 5.95 Å². The summed E-state index contributed by atoms with van der Waals surface area (Å²) in [6, 6.07) is 10.3. The molecule has 2 aromatic heterocycles. The molecule has 2 saturated heterocycles. The first-order valence-electron chi connectivity index (χ1n) is 11.8. The van der Waals surface area contributed by atoms with Gasteiger partial charge in [-0.15, -0.1) is 0 Å². The Bertz CT molecular complexity index is 1140. The second-order valence-electron chi connectivity index (χ2n) is 9.12. The third kappa shape index (κ3) is 4.41. The summed E-state index contributed by atoms with van der Waals surface area (Å²) in [5.41, 5.74) is 5.12. The normalized spacial score (nSPS) is 20.0. The molecule has 0 amide bonds. The maximum absolute atomic E-state index is 12.0. The number of nitrogens with zero attached hydrogens (tertiary/aromatic N) is 7. The molecular formula is C25H31N7O2. The molecule has 2 unspecified atom stereocenters. The average molecular weight is 462 g/mol. The molecule has 0 aliphatic carbocycles. The molecule has 34 heavy (non-hydrogen) atoms. The van der Waals surface area contributed by atoms with Crippen molar-refractivity contribution >= 4 is 17.9 Å². The van der Waals surface area contributed by atoms with Crippen molar-refractivity contribution in [2.45, 2.75) is 32.5 Å². The van der Waals surface area contributed by atoms with E-state index in [0.717, 1.165) is 73.6 Å². The molecule has 0 saturated carbocycles. The molecule has 178 valence electrons. The number of para-hydroxylation sites is 1. The smallest absolute Gasteiger partial charge is 0.225 e. The van der Waals surface area contributed by atoms with E-state index in [1.165, 1.54) is 0 Å². The van der Waals surface area contributed by atoms with Crippen LogP contribution in [0, 0.1) is 13.8 Å². The van der Waals surface area contributed by atoms with Gasteiger partial charge < -0.3 is 14.9 Å². The number of carbonyl (C=O) groups is 1. The van der Waals surface area contributed by atoms with Crippen LogP contribution in [0.5, 0.6) is 0 Å². The number of aryl methyl sites for hydroxylation is 2. The second kappa shape index (κ2) is 9.52. The highest BCUT2D eigenvalue weighted by Gasteiger charge is 2.27. The Balaban J connectivity index is 1.31. The average Bonchev–Trinajstić information content (AvgIpc) is 3.44. The Labute approximate surface area is 199 Å². The van der Waals surface area contributed by atoms with Gasteiger partial charge >= 0.3 is 0 Å². The fourth-order valence-electron chi connectivity index (χ4n) is 4.98. The van der Waals surface area contributed by atoms with Gasteiger partial charge in [-0.2, -0.15) is 5.10 Å². The summed E-state index contributed by atoms with van der Waals surface area (Å²) in [6.45, 7) is 8.45. The van der Waals surface area contributed by atoms with Crippen LogP contribution in [0.25, 0.3) is 11.1 Å². The van der Waals surface area contributed by atoms with Crippen LogP contribution in [0.2, 0.25) is 0 Å². The van der Waals surface area contributed by atoms with Crippen LogP contribution in [-0.4, -0.2) is 81.4 Å². The van der Waals surface area contributed by atoms with Crippen LogP contribution in [-0.2, 0) is 4.79 Å². The molecule has 2 aliphatic rings. The lowest BCUT2D eigenvalue weighted by atomic mass is 10.1. The first kappa shape index (κ1) is 22.5. The SMILES string of the molecule is Cc1cc(C)n(C(C=O)N2CCN(c3ccccc3-c3cnc(N4CCC(O)C4)nc3)CC2)n1. The molecule has 1 aromatic carbocycles. The fourth-order valence-corrected chi connectivity index (χ4v) is 4.98. The van der Waals surface area contributed by atoms with Crippen LogP contribution < -0.4 is 9.80 Å². The lowest BCUT2D eigenvalue weighted by Gasteiger charge is -2.39. The van der Waals surface area contributed by atoms with Crippen LogP contribution in [0.1, 0.15) is 24.0 Å². The maximum atomic E-state index is 12.0. The van der Waals surface area contributed by atoms with E-state index >= 15 is 0 Å². The summed E-state index contributed by atoms with van der Waals surface area (Å²) in [4.78, 5) is 27.7. The van der Waals surface area contributed by atoms with Gasteiger partial charge in [0.05, 0.1) is 11.8 Å². The Hall–Kier alpha value is -3.30. The number of aliphatic hydroxyl groups excluding tert-OH is 1. The van der Waals surface area contributed by atoms with Crippen molar-refractivity contribution in [3.63, 3.8) is 0 Å². The van der Waals surface area contributed by atoms with E-state index in [2.05, 4.69) is 43.1 Å². The second-order valence-corrected chi connectivity index (χ2v) is 9.12. The summed E-state index contributed by atoms with van der Waals surface area (Å²) < 4.78 is 1.82. The van der Waals surface area contributed by atoms with Crippen LogP contribution in [0.3, 0.4) is 0 Å². The first-order valence-corrected chi connectivity index (χ1v) is 11.8. The van der Waals surface area contributed by atoms with Crippen LogP contribution >= 0.6 is 0 Å². The largest absolute Gasteiger partial charge is 0.391 e. The van der Waals surface area contributed by atoms with Crippen LogP contribution in [0.15, 0.2) is 42.7 Å². The van der Waals surface area contributed by atoms with Crippen molar-refractivity contribution in [1.82, 2.24) is 24.6 Å². The highest BCUT2D eigenvalue weighted by Crippen LogP contribution is 2.32. The minimum atomic E-state index is -0.379. The molecule has 2 aliphatic heterocycles. The predicted molar refractivity (Wildman–Crippen MR) is 131 cm³/mol. The molecular weight excluding hydrogens is 430 g/mol. The van der Waals surface area contributed by atoms with Gasteiger partial charge in [-0.3, -0.25) is 9.69 Å². The van der Waals surface area contributed by atoms with E-state index in [1.54, 1.807) is 0 Å². The van der Waals surface area contributed by atoms with Crippen molar-refractivity contribution in [3.05, 3.63) is 54.1 Å². The molecule has 3 aromatic rings. The number of hydrogen-bond acceptors (Lipinski definition) is 8. The lowest BCUT2D eigenvalue weighted by molar-refractivity contribution is -0.116. The zero-order chi connectivity index (χ0) is 23.7. The standard InChI is InChI=1S/C25H31N7O2/c1-18-13-19(2)32(28-18)24(17-33)30-11-9-29(10-12-30)23-6-4-3-5-22(23)20-14-26-25(27-15-20)31-8-7-21(34)16-31/h3-6,13-15,17,21,24,34H,7-12,16H2,1-2H3. The van der Waals surface area contributed by atoms with Gasteiger partial charge in [0.1, 0.15) is 0 Å². The zero-order valence-corrected chi connectivity index (χ0v) is 19.7. The maximum Gasteiger partial charge on any atom is 0.225 e. The Kier molecular flexibility index (Phi) is 6.30. The summed E-state index contributed by atoms with van der Waals surface area (Å²) in [5.74, 6) is 0.662. The molecule has 9 nitrogen and oxygen atoms in total. The lowest BCUT2D eigenvalue weighted by Crippen LogP contribution is -2.49. The summed E-state index contributed by atoms with van der Waals surface area (Å²) >= 11 is 0. The van der Waals surface area contributed by atoms with E-state index in [1.807, 2.05) is 48.0 Å². The molecule has 1 N–H and O–H groups in total. The predicted octanol–water partition coefficient (Wildman–Crippen LogP) is 2.05.